The van der Waals surface area contributed by atoms with Gasteiger partial charge in [0.2, 0.25) is 0 Å². The first-order valence-electron chi connectivity index (χ1n) is 12.2. The second-order valence-electron chi connectivity index (χ2n) is 10.2. The summed E-state index contributed by atoms with van der Waals surface area (Å²) in [5.41, 5.74) is 2.44. The first-order valence-corrected chi connectivity index (χ1v) is 12.2. The number of imidazole rings is 1. The fourth-order valence-electron chi connectivity index (χ4n) is 6.22. The Hall–Kier alpha value is -2.18. The first kappa shape index (κ1) is 21.7. The van der Waals surface area contributed by atoms with Crippen molar-refractivity contribution in [2.75, 3.05) is 19.6 Å². The molecule has 0 spiro atoms. The Bertz CT molecular complexity index is 1030. The normalized spacial score (nSPS) is 33.6. The largest absolute Gasteiger partial charge is 0.496 e. The van der Waals surface area contributed by atoms with E-state index >= 15 is 0 Å². The number of nitrogens with zero attached hydrogens (tertiary/aromatic N) is 3. The number of likely N-dealkylation sites (tertiary alicyclic amines) is 1. The number of ether oxygens (including phenoxy) is 1. The summed E-state index contributed by atoms with van der Waals surface area (Å²) in [4.78, 5) is 21.0. The molecule has 0 amide bonds. The Morgan fingerprint density at radius 2 is 2.09 bits per heavy atom. The number of aryl methyl sites for hydroxylation is 1. The van der Waals surface area contributed by atoms with Crippen molar-refractivity contribution in [3.63, 3.8) is 0 Å². The van der Waals surface area contributed by atoms with Crippen molar-refractivity contribution >= 4 is 22.4 Å². The lowest BCUT2D eigenvalue weighted by atomic mass is 9.67. The summed E-state index contributed by atoms with van der Waals surface area (Å²) in [6, 6.07) is 7.93. The van der Waals surface area contributed by atoms with E-state index in [1.807, 2.05) is 35.9 Å². The molecule has 2 aliphatic heterocycles. The Balaban J connectivity index is 1.45. The van der Waals surface area contributed by atoms with Crippen molar-refractivity contribution in [2.45, 2.75) is 51.7 Å². The lowest BCUT2D eigenvalue weighted by Crippen LogP contribution is -2.55. The molecular formula is C26H35N3O3. The highest BCUT2D eigenvalue weighted by Crippen LogP contribution is 2.43. The molecule has 32 heavy (non-hydrogen) atoms. The third kappa shape index (κ3) is 3.67. The smallest absolute Gasteiger partial charge is 0.176 e. The molecule has 1 N–H and O–H groups in total. The molecule has 5 rings (SSSR count). The molecule has 1 saturated carbocycles. The molecule has 6 heteroatoms. The number of piperidine rings is 1. The van der Waals surface area contributed by atoms with Crippen molar-refractivity contribution in [3.8, 4) is 0 Å². The van der Waals surface area contributed by atoms with E-state index in [0.29, 0.717) is 23.7 Å². The fraction of sp³-hybridized carbons (Fsp3) is 0.615. The third-order valence-electron chi connectivity index (χ3n) is 8.00. The number of benzene rings is 1. The number of aromatic nitrogens is 2. The maximum Gasteiger partial charge on any atom is 0.176 e. The average molecular weight is 438 g/mol. The fourth-order valence-corrected chi connectivity index (χ4v) is 6.22. The van der Waals surface area contributed by atoms with Crippen molar-refractivity contribution in [1.82, 2.24) is 14.5 Å². The van der Waals surface area contributed by atoms with Crippen molar-refractivity contribution < 1.29 is 14.6 Å². The minimum atomic E-state index is -0.433. The van der Waals surface area contributed by atoms with Crippen LogP contribution in [0.1, 0.15) is 45.4 Å². The number of para-hydroxylation sites is 2. The van der Waals surface area contributed by atoms with Crippen LogP contribution < -0.4 is 0 Å². The number of rotatable bonds is 4. The molecule has 2 fully saturated rings. The second-order valence-corrected chi connectivity index (χ2v) is 10.2. The van der Waals surface area contributed by atoms with Crippen LogP contribution in [0.25, 0.3) is 16.6 Å². The summed E-state index contributed by atoms with van der Waals surface area (Å²) >= 11 is 0. The Labute approximate surface area is 190 Å². The van der Waals surface area contributed by atoms with E-state index in [2.05, 4.69) is 18.7 Å². The molecule has 1 aromatic heterocycles. The first-order chi connectivity index (χ1) is 15.5. The van der Waals surface area contributed by atoms with Crippen molar-refractivity contribution in [1.29, 1.82) is 0 Å². The highest BCUT2D eigenvalue weighted by atomic mass is 16.5. The van der Waals surface area contributed by atoms with Crippen LogP contribution in [0, 0.1) is 23.7 Å². The summed E-state index contributed by atoms with van der Waals surface area (Å²) in [7, 11) is 1.95. The summed E-state index contributed by atoms with van der Waals surface area (Å²) in [5.74, 6) is 1.30. The van der Waals surface area contributed by atoms with Gasteiger partial charge in [0.15, 0.2) is 5.78 Å². The molecule has 6 nitrogen and oxygen atoms in total. The van der Waals surface area contributed by atoms with Crippen LogP contribution in [0.5, 0.6) is 0 Å². The van der Waals surface area contributed by atoms with Gasteiger partial charge in [-0.3, -0.25) is 4.79 Å². The highest BCUT2D eigenvalue weighted by molar-refractivity contribution is 6.21. The van der Waals surface area contributed by atoms with E-state index in [1.165, 1.54) is 12.8 Å². The lowest BCUT2D eigenvalue weighted by Gasteiger charge is -2.47. The van der Waals surface area contributed by atoms with Gasteiger partial charge < -0.3 is 19.3 Å². The van der Waals surface area contributed by atoms with E-state index < -0.39 is 6.10 Å². The topological polar surface area (TPSA) is 67.6 Å². The minimum Gasteiger partial charge on any atom is -0.496 e. The predicted molar refractivity (Wildman–Crippen MR) is 125 cm³/mol. The van der Waals surface area contributed by atoms with E-state index in [-0.39, 0.29) is 29.6 Å². The van der Waals surface area contributed by atoms with Gasteiger partial charge >= 0.3 is 0 Å². The van der Waals surface area contributed by atoms with Gasteiger partial charge in [0.1, 0.15) is 11.9 Å². The van der Waals surface area contributed by atoms with Gasteiger partial charge in [0.25, 0.3) is 0 Å². The maximum atomic E-state index is 13.8. The maximum absolute atomic E-state index is 13.8. The number of hydrogen-bond acceptors (Lipinski definition) is 5. The molecule has 3 aliphatic rings. The van der Waals surface area contributed by atoms with Crippen LogP contribution in [0.2, 0.25) is 0 Å². The number of aliphatic hydroxyl groups excluding tert-OH is 1. The summed E-state index contributed by atoms with van der Waals surface area (Å²) in [6.07, 6.45) is 4.94. The third-order valence-corrected chi connectivity index (χ3v) is 8.00. The molecule has 1 aromatic carbocycles. The molecule has 3 heterocycles. The number of hydrogen-bond donors (Lipinski definition) is 1. The number of allylic oxidation sites excluding steroid dienone is 1. The molecule has 172 valence electrons. The van der Waals surface area contributed by atoms with Gasteiger partial charge in [-0.15, -0.1) is 0 Å². The molecule has 6 atom stereocenters. The molecule has 6 unspecified atom stereocenters. The monoisotopic (exact) mass is 437 g/mol. The zero-order chi connectivity index (χ0) is 22.4. The summed E-state index contributed by atoms with van der Waals surface area (Å²) in [6.45, 7) is 7.34. The van der Waals surface area contributed by atoms with E-state index in [1.54, 1.807) is 6.26 Å². The average Bonchev–Trinajstić information content (AvgIpc) is 3.12. The number of carbonyl (C=O) groups excluding carboxylic acids is 1. The molecule has 0 bridgehead atoms. The van der Waals surface area contributed by atoms with Gasteiger partial charge in [-0.05, 0) is 49.8 Å². The highest BCUT2D eigenvalue weighted by Gasteiger charge is 2.50. The molecule has 1 saturated heterocycles. The molecule has 2 aromatic rings. The van der Waals surface area contributed by atoms with Gasteiger partial charge in [0.05, 0.1) is 34.9 Å². The van der Waals surface area contributed by atoms with Crippen LogP contribution >= 0.6 is 0 Å². The van der Waals surface area contributed by atoms with Crippen LogP contribution in [-0.2, 0) is 16.6 Å². The second kappa shape index (κ2) is 8.64. The summed E-state index contributed by atoms with van der Waals surface area (Å²) < 4.78 is 8.27. The van der Waals surface area contributed by atoms with Crippen LogP contribution in [0.3, 0.4) is 0 Å². The number of ketones is 1. The summed E-state index contributed by atoms with van der Waals surface area (Å²) in [5, 5.41) is 11.2. The van der Waals surface area contributed by atoms with E-state index in [9.17, 15) is 9.90 Å². The van der Waals surface area contributed by atoms with E-state index in [0.717, 1.165) is 37.1 Å². The van der Waals surface area contributed by atoms with Gasteiger partial charge in [-0.2, -0.15) is 0 Å². The SMILES string of the molecule is CCC1CC2C(=O)C(c3nc4ccccc4n3C)=COC2C(CN2CCCC(C)C2)C1O. The van der Waals surface area contributed by atoms with Crippen molar-refractivity contribution in [3.05, 3.63) is 36.4 Å². The van der Waals surface area contributed by atoms with Gasteiger partial charge in [-0.25, -0.2) is 4.98 Å². The zero-order valence-electron chi connectivity index (χ0n) is 19.4. The number of carbonyl (C=O) groups is 1. The van der Waals surface area contributed by atoms with Gasteiger partial charge in [0, 0.05) is 26.1 Å². The van der Waals surface area contributed by atoms with Crippen LogP contribution in [0.4, 0.5) is 0 Å². The minimum absolute atomic E-state index is 0.0498. The number of aliphatic hydroxyl groups is 1. The Kier molecular flexibility index (Phi) is 5.84. The van der Waals surface area contributed by atoms with Crippen LogP contribution in [0.15, 0.2) is 30.5 Å². The number of fused-ring (bicyclic) bond motifs is 2. The van der Waals surface area contributed by atoms with Crippen molar-refractivity contribution in [2.24, 2.45) is 30.7 Å². The lowest BCUT2D eigenvalue weighted by molar-refractivity contribution is -0.141. The zero-order valence-corrected chi connectivity index (χ0v) is 19.4. The molecule has 0 radical (unpaired) electrons. The predicted octanol–water partition coefficient (Wildman–Crippen LogP) is 3.64. The molecule has 1 aliphatic carbocycles. The quantitative estimate of drug-likeness (QED) is 0.791. The number of Topliss-reactive ketones (excluding diaryl/α,β-unsaturated/α-hetero) is 1. The van der Waals surface area contributed by atoms with Gasteiger partial charge in [-0.1, -0.05) is 32.4 Å². The van der Waals surface area contributed by atoms with Crippen LogP contribution in [-0.4, -0.2) is 57.2 Å². The Morgan fingerprint density at radius 1 is 1.28 bits per heavy atom. The molecular weight excluding hydrogens is 402 g/mol. The standard InChI is InChI=1S/C26H35N3O3/c1-4-17-12-18-24(31)20(26-27-21-9-5-6-10-22(21)28(26)3)15-32-25(18)19(23(17)30)14-29-11-7-8-16(2)13-29/h5-6,9-10,15-19,23,25,30H,4,7-8,11-14H2,1-3H3. The van der Waals surface area contributed by atoms with E-state index in [4.69, 9.17) is 9.72 Å². The Morgan fingerprint density at radius 3 is 2.84 bits per heavy atom.